The lowest BCUT2D eigenvalue weighted by molar-refractivity contribution is -0.141. The molecule has 10 heteroatoms. The summed E-state index contributed by atoms with van der Waals surface area (Å²) in [5.74, 6) is 0.423. The highest BCUT2D eigenvalue weighted by atomic mass is 16.7. The third-order valence-corrected chi connectivity index (χ3v) is 6.11. The van der Waals surface area contributed by atoms with Gasteiger partial charge in [0, 0.05) is 44.5 Å². The van der Waals surface area contributed by atoms with E-state index in [9.17, 15) is 9.90 Å². The lowest BCUT2D eigenvalue weighted by Gasteiger charge is -2.32. The first-order chi connectivity index (χ1) is 13.5. The predicted octanol–water partition coefficient (Wildman–Crippen LogP) is -0.586. The quantitative estimate of drug-likeness (QED) is 0.604. The molecule has 2 N–H and O–H groups in total. The second-order valence-corrected chi connectivity index (χ2v) is 8.92. The van der Waals surface area contributed by atoms with E-state index in [4.69, 9.17) is 14.4 Å². The molecule has 0 aliphatic carbocycles. The van der Waals surface area contributed by atoms with E-state index in [1.165, 1.54) is 0 Å². The average Bonchev–Trinajstić information content (AvgIpc) is 3.22. The number of aliphatic hydroxyl groups excluding tert-OH is 2. The molecule has 1 aromatic rings. The molecule has 2 aliphatic rings. The van der Waals surface area contributed by atoms with E-state index < -0.39 is 36.9 Å². The molecule has 2 atom stereocenters. The smallest absolute Gasteiger partial charge is 0.399 e. The van der Waals surface area contributed by atoms with Crippen molar-refractivity contribution >= 4 is 24.4 Å². The minimum Gasteiger partial charge on any atom is -0.399 e. The fraction of sp³-hybridized carbons (Fsp3) is 0.737. The van der Waals surface area contributed by atoms with Crippen molar-refractivity contribution in [3.8, 4) is 0 Å². The molecule has 1 amide bonds. The normalized spacial score (nSPS) is 24.0. The minimum absolute atomic E-state index is 0.251. The molecule has 9 nitrogen and oxygen atoms in total. The monoisotopic (exact) mass is 406 g/mol. The molecule has 3 heterocycles. The van der Waals surface area contributed by atoms with Gasteiger partial charge in [-0.25, -0.2) is 9.97 Å². The van der Waals surface area contributed by atoms with Crippen molar-refractivity contribution in [3.63, 3.8) is 0 Å². The van der Waals surface area contributed by atoms with E-state index in [0.29, 0.717) is 25.6 Å². The van der Waals surface area contributed by atoms with Gasteiger partial charge in [0.1, 0.15) is 0 Å². The van der Waals surface area contributed by atoms with Gasteiger partial charge in [0.05, 0.1) is 17.8 Å². The van der Waals surface area contributed by atoms with Crippen LogP contribution in [0.15, 0.2) is 12.4 Å². The highest BCUT2D eigenvalue weighted by Gasteiger charge is 2.52. The molecule has 160 valence electrons. The minimum atomic E-state index is -1.34. The van der Waals surface area contributed by atoms with Crippen LogP contribution < -0.4 is 10.4 Å². The van der Waals surface area contributed by atoms with Crippen LogP contribution >= 0.6 is 0 Å². The fourth-order valence-electron chi connectivity index (χ4n) is 3.57. The van der Waals surface area contributed by atoms with Gasteiger partial charge < -0.3 is 29.3 Å². The highest BCUT2D eigenvalue weighted by Crippen LogP contribution is 2.36. The van der Waals surface area contributed by atoms with Gasteiger partial charge in [-0.1, -0.05) is 0 Å². The van der Waals surface area contributed by atoms with E-state index in [0.717, 1.165) is 11.9 Å². The summed E-state index contributed by atoms with van der Waals surface area (Å²) < 4.78 is 12.1. The van der Waals surface area contributed by atoms with Crippen LogP contribution in [0.4, 0.5) is 5.95 Å². The zero-order valence-corrected chi connectivity index (χ0v) is 17.8. The van der Waals surface area contributed by atoms with Crippen molar-refractivity contribution in [2.75, 3.05) is 38.2 Å². The molecule has 0 saturated carbocycles. The maximum absolute atomic E-state index is 12.0. The molecular formula is C19H31BN4O5. The summed E-state index contributed by atoms with van der Waals surface area (Å²) in [7, 11) is 1.42. The Morgan fingerprint density at radius 1 is 1.31 bits per heavy atom. The standard InChI is InChI=1S/C19H31BN4O5/c1-18(2)19(3,4)29-20(28-18)14-8-21-17(22-9-14)23(5)10-13-6-7-24(11-13)16(27)15(26)12-25/h8-9,13,15,25-26H,6-7,10-12H2,1-5H3/t13-,15-/m1/s1. The van der Waals surface area contributed by atoms with Crippen LogP contribution in [0.2, 0.25) is 0 Å². The second-order valence-electron chi connectivity index (χ2n) is 8.92. The number of carbonyl (C=O) groups is 1. The molecule has 2 saturated heterocycles. The van der Waals surface area contributed by atoms with Crippen molar-refractivity contribution < 1.29 is 24.3 Å². The first kappa shape index (κ1) is 22.0. The largest absolute Gasteiger partial charge is 0.498 e. The number of amides is 1. The highest BCUT2D eigenvalue weighted by molar-refractivity contribution is 6.61. The number of carbonyl (C=O) groups excluding carboxylic acids is 1. The summed E-state index contributed by atoms with van der Waals surface area (Å²) in [6, 6.07) is 0. The Bertz CT molecular complexity index is 714. The molecule has 29 heavy (non-hydrogen) atoms. The Morgan fingerprint density at radius 2 is 1.90 bits per heavy atom. The molecule has 3 rings (SSSR count). The molecule has 0 spiro atoms. The molecule has 0 unspecified atom stereocenters. The number of hydrogen-bond donors (Lipinski definition) is 2. The molecule has 1 aromatic heterocycles. The Balaban J connectivity index is 1.56. The molecule has 0 radical (unpaired) electrons. The Hall–Kier alpha value is -1.75. The third kappa shape index (κ3) is 4.55. The summed E-state index contributed by atoms with van der Waals surface area (Å²) in [5.41, 5.74) is -0.0539. The van der Waals surface area contributed by atoms with Crippen molar-refractivity contribution in [1.29, 1.82) is 0 Å². The first-order valence-corrected chi connectivity index (χ1v) is 10.0. The second kappa shape index (κ2) is 8.18. The van der Waals surface area contributed by atoms with Crippen molar-refractivity contribution in [2.45, 2.75) is 51.4 Å². The van der Waals surface area contributed by atoms with Crippen LogP contribution in [0.25, 0.3) is 0 Å². The van der Waals surface area contributed by atoms with Crippen LogP contribution in [-0.4, -0.2) is 88.7 Å². The van der Waals surface area contributed by atoms with Gasteiger partial charge >= 0.3 is 7.12 Å². The van der Waals surface area contributed by atoms with Gasteiger partial charge in [-0.05, 0) is 40.0 Å². The molecule has 2 fully saturated rings. The molecule has 0 aromatic carbocycles. The first-order valence-electron chi connectivity index (χ1n) is 10.0. The molecular weight excluding hydrogens is 375 g/mol. The van der Waals surface area contributed by atoms with Gasteiger partial charge in [-0.3, -0.25) is 4.79 Å². The van der Waals surface area contributed by atoms with Crippen molar-refractivity contribution in [2.24, 2.45) is 5.92 Å². The maximum atomic E-state index is 12.0. The van der Waals surface area contributed by atoms with Gasteiger partial charge in [0.25, 0.3) is 5.91 Å². The van der Waals surface area contributed by atoms with E-state index in [1.54, 1.807) is 17.3 Å². The average molecular weight is 406 g/mol. The lowest BCUT2D eigenvalue weighted by atomic mass is 9.81. The Labute approximate surface area is 172 Å². The summed E-state index contributed by atoms with van der Waals surface area (Å²) in [4.78, 5) is 24.5. The Kier molecular flexibility index (Phi) is 6.19. The van der Waals surface area contributed by atoms with Gasteiger partial charge in [-0.15, -0.1) is 0 Å². The van der Waals surface area contributed by atoms with Crippen LogP contribution in [0.1, 0.15) is 34.1 Å². The van der Waals surface area contributed by atoms with Crippen LogP contribution in [0.5, 0.6) is 0 Å². The molecule has 0 bridgehead atoms. The number of likely N-dealkylation sites (tertiary alicyclic amines) is 1. The SMILES string of the molecule is CN(C[C@H]1CCN(C(=O)[C@H](O)CO)C1)c1ncc(B2OC(C)(C)C(C)(C)O2)cn1. The van der Waals surface area contributed by atoms with Crippen LogP contribution in [0, 0.1) is 5.92 Å². The summed E-state index contributed by atoms with van der Waals surface area (Å²) >= 11 is 0. The van der Waals surface area contributed by atoms with Crippen LogP contribution in [0.3, 0.4) is 0 Å². The zero-order chi connectivity index (χ0) is 21.4. The Morgan fingerprint density at radius 3 is 2.45 bits per heavy atom. The van der Waals surface area contributed by atoms with E-state index in [2.05, 4.69) is 9.97 Å². The number of nitrogens with zero attached hydrogens (tertiary/aromatic N) is 4. The third-order valence-electron chi connectivity index (χ3n) is 6.11. The van der Waals surface area contributed by atoms with E-state index >= 15 is 0 Å². The number of aliphatic hydroxyl groups is 2. The number of anilines is 1. The van der Waals surface area contributed by atoms with E-state index in [1.807, 2.05) is 39.6 Å². The topological polar surface area (TPSA) is 108 Å². The van der Waals surface area contributed by atoms with Gasteiger partial charge in [0.15, 0.2) is 6.10 Å². The number of hydrogen-bond acceptors (Lipinski definition) is 8. The van der Waals surface area contributed by atoms with Gasteiger partial charge in [0.2, 0.25) is 5.95 Å². The number of aromatic nitrogens is 2. The summed E-state index contributed by atoms with van der Waals surface area (Å²) in [5, 5.41) is 18.5. The zero-order valence-electron chi connectivity index (χ0n) is 17.8. The van der Waals surface area contributed by atoms with Crippen molar-refractivity contribution in [3.05, 3.63) is 12.4 Å². The lowest BCUT2D eigenvalue weighted by Crippen LogP contribution is -2.41. The summed E-state index contributed by atoms with van der Waals surface area (Å²) in [6.07, 6.45) is 2.95. The van der Waals surface area contributed by atoms with Gasteiger partial charge in [-0.2, -0.15) is 0 Å². The predicted molar refractivity (Wildman–Crippen MR) is 109 cm³/mol. The number of rotatable bonds is 6. The van der Waals surface area contributed by atoms with Crippen molar-refractivity contribution in [1.82, 2.24) is 14.9 Å². The molecule has 2 aliphatic heterocycles. The maximum Gasteiger partial charge on any atom is 0.498 e. The van der Waals surface area contributed by atoms with Crippen LogP contribution in [-0.2, 0) is 14.1 Å². The fourth-order valence-corrected chi connectivity index (χ4v) is 3.57. The van der Waals surface area contributed by atoms with E-state index in [-0.39, 0.29) is 5.92 Å². The summed E-state index contributed by atoms with van der Waals surface area (Å²) in [6.45, 7) is 9.28.